The lowest BCUT2D eigenvalue weighted by molar-refractivity contribution is -0.113. The van der Waals surface area contributed by atoms with Crippen LogP contribution in [0.4, 0.5) is 5.69 Å². The molecule has 160 valence electrons. The molecule has 7 heteroatoms. The Bertz CT molecular complexity index is 1210. The van der Waals surface area contributed by atoms with Crippen LogP contribution in [-0.4, -0.2) is 35.9 Å². The Hall–Kier alpha value is -3.16. The highest BCUT2D eigenvalue weighted by molar-refractivity contribution is 8.18. The summed E-state index contributed by atoms with van der Waals surface area (Å²) >= 11 is 3.00. The summed E-state index contributed by atoms with van der Waals surface area (Å²) < 4.78 is 0. The van der Waals surface area contributed by atoms with Gasteiger partial charge in [-0.1, -0.05) is 48.5 Å². The van der Waals surface area contributed by atoms with Crippen molar-refractivity contribution < 1.29 is 4.79 Å². The summed E-state index contributed by atoms with van der Waals surface area (Å²) in [6.07, 6.45) is 2.66. The van der Waals surface area contributed by atoms with E-state index in [1.165, 1.54) is 11.8 Å². The number of thioether (sulfide) groups is 1. The zero-order valence-electron chi connectivity index (χ0n) is 17.8. The molecule has 1 aromatic heterocycles. The number of carbonyl (C=O) groups excluding carboxylic acids is 1. The summed E-state index contributed by atoms with van der Waals surface area (Å²) in [5.41, 5.74) is 4.39. The van der Waals surface area contributed by atoms with Crippen LogP contribution in [0.2, 0.25) is 0 Å². The Kier molecular flexibility index (Phi) is 5.68. The van der Waals surface area contributed by atoms with Crippen molar-refractivity contribution in [3.05, 3.63) is 93.0 Å². The van der Waals surface area contributed by atoms with Gasteiger partial charge in [0.15, 0.2) is 5.17 Å². The van der Waals surface area contributed by atoms with Crippen LogP contribution in [0.3, 0.4) is 0 Å². The average molecular weight is 459 g/mol. The largest absolute Gasteiger partial charge is 0.378 e. The highest BCUT2D eigenvalue weighted by Gasteiger charge is 2.36. The van der Waals surface area contributed by atoms with E-state index in [4.69, 9.17) is 5.10 Å². The molecule has 2 aromatic carbocycles. The standard InChI is InChI=1S/C25H22N4OS2/c1-28(2)19-12-10-18(11-13-19)22-16-21(17-7-4-3-5-8-17)27-29(22)25-26-24(30)23(32-25)15-20-9-6-14-31-20/h3-15,22H,16H2,1-2H3/b23-15-. The Morgan fingerprint density at radius 2 is 1.81 bits per heavy atom. The summed E-state index contributed by atoms with van der Waals surface area (Å²) in [5.74, 6) is -0.205. The maximum Gasteiger partial charge on any atom is 0.286 e. The van der Waals surface area contributed by atoms with Crippen molar-refractivity contribution in [3.8, 4) is 0 Å². The van der Waals surface area contributed by atoms with Gasteiger partial charge in [0.05, 0.1) is 16.7 Å². The number of hydrogen-bond acceptors (Lipinski definition) is 6. The Morgan fingerprint density at radius 1 is 1.03 bits per heavy atom. The van der Waals surface area contributed by atoms with Crippen molar-refractivity contribution in [2.45, 2.75) is 12.5 Å². The van der Waals surface area contributed by atoms with Crippen LogP contribution in [0.15, 0.2) is 87.1 Å². The Balaban J connectivity index is 1.48. The van der Waals surface area contributed by atoms with Gasteiger partial charge in [-0.25, -0.2) is 5.01 Å². The summed E-state index contributed by atoms with van der Waals surface area (Å²) in [6.45, 7) is 0. The third-order valence-corrected chi connectivity index (χ3v) is 7.23. The van der Waals surface area contributed by atoms with Crippen molar-refractivity contribution in [2.75, 3.05) is 19.0 Å². The van der Waals surface area contributed by atoms with Gasteiger partial charge in [0.25, 0.3) is 5.91 Å². The molecule has 32 heavy (non-hydrogen) atoms. The zero-order chi connectivity index (χ0) is 22.1. The quantitative estimate of drug-likeness (QED) is 0.475. The van der Waals surface area contributed by atoms with Crippen LogP contribution >= 0.6 is 23.1 Å². The first-order valence-electron chi connectivity index (χ1n) is 10.3. The van der Waals surface area contributed by atoms with Gasteiger partial charge < -0.3 is 4.90 Å². The molecular weight excluding hydrogens is 436 g/mol. The summed E-state index contributed by atoms with van der Waals surface area (Å²) in [4.78, 5) is 20.8. The average Bonchev–Trinajstić information content (AvgIpc) is 3.55. The minimum Gasteiger partial charge on any atom is -0.378 e. The van der Waals surface area contributed by atoms with Crippen molar-refractivity contribution in [2.24, 2.45) is 10.1 Å². The molecule has 0 radical (unpaired) electrons. The van der Waals surface area contributed by atoms with Gasteiger partial charge >= 0.3 is 0 Å². The second kappa shape index (κ2) is 8.76. The summed E-state index contributed by atoms with van der Waals surface area (Å²) in [7, 11) is 4.06. The topological polar surface area (TPSA) is 48.3 Å². The molecule has 1 amide bonds. The van der Waals surface area contributed by atoms with Crippen molar-refractivity contribution in [3.63, 3.8) is 0 Å². The van der Waals surface area contributed by atoms with Crippen LogP contribution in [0.1, 0.15) is 28.5 Å². The van der Waals surface area contributed by atoms with E-state index < -0.39 is 0 Å². The van der Waals surface area contributed by atoms with Gasteiger partial charge in [0.1, 0.15) is 0 Å². The van der Waals surface area contributed by atoms with E-state index in [2.05, 4.69) is 46.3 Å². The first-order chi connectivity index (χ1) is 15.6. The fraction of sp³-hybridized carbons (Fsp3) is 0.160. The summed E-state index contributed by atoms with van der Waals surface area (Å²) in [5, 5.41) is 9.49. The van der Waals surface area contributed by atoms with Crippen molar-refractivity contribution in [1.29, 1.82) is 0 Å². The number of amidine groups is 1. The van der Waals surface area contributed by atoms with Crippen molar-refractivity contribution >= 4 is 51.6 Å². The molecule has 3 heterocycles. The second-order valence-electron chi connectivity index (χ2n) is 7.79. The van der Waals surface area contributed by atoms with Gasteiger partial charge in [-0.3, -0.25) is 4.79 Å². The Morgan fingerprint density at radius 3 is 2.50 bits per heavy atom. The predicted octanol–water partition coefficient (Wildman–Crippen LogP) is 5.64. The zero-order valence-corrected chi connectivity index (χ0v) is 19.4. The van der Waals surface area contributed by atoms with E-state index in [0.29, 0.717) is 10.1 Å². The molecule has 0 fully saturated rings. The number of rotatable bonds is 4. The first-order valence-corrected chi connectivity index (χ1v) is 12.0. The number of anilines is 1. The van der Waals surface area contributed by atoms with E-state index in [9.17, 15) is 4.79 Å². The molecule has 1 unspecified atom stereocenters. The van der Waals surface area contributed by atoms with Gasteiger partial charge in [0.2, 0.25) is 0 Å². The van der Waals surface area contributed by atoms with E-state index in [-0.39, 0.29) is 11.9 Å². The molecule has 2 aliphatic heterocycles. The molecule has 0 saturated carbocycles. The molecule has 3 aromatic rings. The highest BCUT2D eigenvalue weighted by atomic mass is 32.2. The van der Waals surface area contributed by atoms with Crippen LogP contribution in [0, 0.1) is 0 Å². The maximum absolute atomic E-state index is 12.6. The Labute approximate surface area is 195 Å². The maximum atomic E-state index is 12.6. The molecule has 0 spiro atoms. The molecule has 0 N–H and O–H groups in total. The lowest BCUT2D eigenvalue weighted by atomic mass is 9.98. The lowest BCUT2D eigenvalue weighted by Crippen LogP contribution is -2.23. The van der Waals surface area contributed by atoms with Crippen LogP contribution < -0.4 is 4.90 Å². The van der Waals surface area contributed by atoms with E-state index in [1.54, 1.807) is 11.3 Å². The van der Waals surface area contributed by atoms with Gasteiger partial charge in [-0.2, -0.15) is 10.1 Å². The number of hydrogen-bond donors (Lipinski definition) is 0. The predicted molar refractivity (Wildman–Crippen MR) is 135 cm³/mol. The van der Waals surface area contributed by atoms with E-state index >= 15 is 0 Å². The molecular formula is C25H22N4OS2. The van der Waals surface area contributed by atoms with E-state index in [1.807, 2.05) is 60.9 Å². The molecule has 0 saturated heterocycles. The number of amides is 1. The number of carbonyl (C=O) groups is 1. The van der Waals surface area contributed by atoms with Crippen LogP contribution in [0.25, 0.3) is 6.08 Å². The monoisotopic (exact) mass is 458 g/mol. The lowest BCUT2D eigenvalue weighted by Gasteiger charge is -2.23. The first kappa shape index (κ1) is 20.7. The normalized spacial score (nSPS) is 19.4. The minimum atomic E-state index is -0.205. The van der Waals surface area contributed by atoms with Gasteiger partial charge in [-0.15, -0.1) is 11.3 Å². The van der Waals surface area contributed by atoms with Gasteiger partial charge in [-0.05, 0) is 52.5 Å². The number of thiophene rings is 1. The molecule has 2 aliphatic rings. The molecule has 0 bridgehead atoms. The highest BCUT2D eigenvalue weighted by Crippen LogP contribution is 2.40. The number of nitrogens with zero attached hydrogens (tertiary/aromatic N) is 4. The number of aliphatic imine (C=N–C) groups is 1. The molecule has 0 aliphatic carbocycles. The molecule has 1 atom stereocenters. The van der Waals surface area contributed by atoms with E-state index in [0.717, 1.165) is 33.8 Å². The minimum absolute atomic E-state index is 0.0124. The second-order valence-corrected chi connectivity index (χ2v) is 9.78. The third-order valence-electron chi connectivity index (χ3n) is 5.43. The third kappa shape index (κ3) is 4.13. The molecule has 5 rings (SSSR count). The number of benzene rings is 2. The smallest absolute Gasteiger partial charge is 0.286 e. The molecule has 5 nitrogen and oxygen atoms in total. The number of hydrazone groups is 1. The fourth-order valence-corrected chi connectivity index (χ4v) is 5.38. The summed E-state index contributed by atoms with van der Waals surface area (Å²) in [6, 6.07) is 22.7. The van der Waals surface area contributed by atoms with Crippen LogP contribution in [0.5, 0.6) is 0 Å². The van der Waals surface area contributed by atoms with Crippen molar-refractivity contribution in [1.82, 2.24) is 5.01 Å². The van der Waals surface area contributed by atoms with Gasteiger partial charge in [0, 0.05) is 31.1 Å². The fourth-order valence-electron chi connectivity index (χ4n) is 3.74. The SMILES string of the molecule is CN(C)c1ccc(C2CC(c3ccccc3)=NN2C2=NC(=O)/C(=C/c3cccs3)S2)cc1. The van der Waals surface area contributed by atoms with Crippen LogP contribution in [-0.2, 0) is 4.79 Å².